The quantitative estimate of drug-likeness (QED) is 0.388. The van der Waals surface area contributed by atoms with Crippen molar-refractivity contribution in [1.82, 2.24) is 25.4 Å². The third kappa shape index (κ3) is 5.82. The van der Waals surface area contributed by atoms with Crippen LogP contribution in [0, 0.1) is 13.8 Å². The topological polar surface area (TPSA) is 76.4 Å². The van der Waals surface area contributed by atoms with E-state index in [1.165, 1.54) is 0 Å². The number of guanidine groups is 1. The minimum atomic E-state index is 0. The van der Waals surface area contributed by atoms with E-state index in [0.717, 1.165) is 48.3 Å². The summed E-state index contributed by atoms with van der Waals surface area (Å²) in [5.41, 5.74) is 1.14. The molecule has 1 aromatic heterocycles. The first-order chi connectivity index (χ1) is 12.5. The Morgan fingerprint density at radius 3 is 2.89 bits per heavy atom. The first-order valence-electron chi connectivity index (χ1n) is 9.15. The van der Waals surface area contributed by atoms with Gasteiger partial charge in [0.05, 0.1) is 13.1 Å². The zero-order valence-electron chi connectivity index (χ0n) is 16.4. The molecule has 3 rings (SSSR count). The van der Waals surface area contributed by atoms with Crippen molar-refractivity contribution < 1.29 is 4.74 Å². The number of aromatic nitrogens is 3. The minimum Gasteiger partial charge on any atom is -0.489 e. The van der Waals surface area contributed by atoms with Gasteiger partial charge in [0.1, 0.15) is 23.5 Å². The fourth-order valence-electron chi connectivity index (χ4n) is 3.13. The van der Waals surface area contributed by atoms with Gasteiger partial charge in [-0.05, 0) is 38.8 Å². The Labute approximate surface area is 178 Å². The van der Waals surface area contributed by atoms with Crippen LogP contribution in [0.5, 0.6) is 5.75 Å². The molecule has 0 spiro atoms. The summed E-state index contributed by atoms with van der Waals surface area (Å²) in [6, 6.07) is 8.36. The average molecular weight is 484 g/mol. The maximum atomic E-state index is 6.01. The van der Waals surface area contributed by atoms with Crippen LogP contribution in [0.15, 0.2) is 29.3 Å². The number of ether oxygens (including phenoxy) is 1. The number of nitrogens with one attached hydrogen (secondary N) is 2. The summed E-state index contributed by atoms with van der Waals surface area (Å²) >= 11 is 0. The van der Waals surface area contributed by atoms with Crippen LogP contribution < -0.4 is 15.4 Å². The number of para-hydroxylation sites is 1. The molecule has 27 heavy (non-hydrogen) atoms. The van der Waals surface area contributed by atoms with Gasteiger partial charge in [0.2, 0.25) is 0 Å². The van der Waals surface area contributed by atoms with Crippen LogP contribution in [0.3, 0.4) is 0 Å². The molecular weight excluding hydrogens is 455 g/mol. The fraction of sp³-hybridized carbons (Fsp3) is 0.526. The Kier molecular flexibility index (Phi) is 7.88. The molecule has 2 N–H and O–H groups in total. The molecule has 8 heteroatoms. The normalized spacial score (nSPS) is 17.5. The fourth-order valence-corrected chi connectivity index (χ4v) is 3.13. The molecule has 0 amide bonds. The lowest BCUT2D eigenvalue weighted by atomic mass is 10.1. The second-order valence-corrected chi connectivity index (χ2v) is 6.78. The summed E-state index contributed by atoms with van der Waals surface area (Å²) in [6.07, 6.45) is 1.99. The van der Waals surface area contributed by atoms with Crippen molar-refractivity contribution in [3.8, 4) is 5.75 Å². The van der Waals surface area contributed by atoms with Crippen LogP contribution in [0.1, 0.15) is 30.6 Å². The van der Waals surface area contributed by atoms with E-state index in [4.69, 9.17) is 4.74 Å². The summed E-state index contributed by atoms with van der Waals surface area (Å²) < 4.78 is 8.01. The van der Waals surface area contributed by atoms with E-state index >= 15 is 0 Å². The monoisotopic (exact) mass is 484 g/mol. The molecule has 0 aliphatic carbocycles. The lowest BCUT2D eigenvalue weighted by molar-refractivity contribution is 0.222. The Morgan fingerprint density at radius 1 is 1.37 bits per heavy atom. The van der Waals surface area contributed by atoms with Gasteiger partial charge in [0, 0.05) is 19.5 Å². The van der Waals surface area contributed by atoms with Gasteiger partial charge in [-0.15, -0.1) is 24.0 Å². The van der Waals surface area contributed by atoms with Crippen LogP contribution >= 0.6 is 24.0 Å². The van der Waals surface area contributed by atoms with E-state index in [1.54, 1.807) is 7.05 Å². The van der Waals surface area contributed by atoms with Gasteiger partial charge >= 0.3 is 0 Å². The summed E-state index contributed by atoms with van der Waals surface area (Å²) in [4.78, 5) is 8.79. The zero-order chi connectivity index (χ0) is 18.5. The van der Waals surface area contributed by atoms with Gasteiger partial charge in [-0.1, -0.05) is 18.2 Å². The Balaban J connectivity index is 0.00000261. The molecule has 0 saturated carbocycles. The largest absolute Gasteiger partial charge is 0.489 e. The van der Waals surface area contributed by atoms with Crippen molar-refractivity contribution in [2.75, 3.05) is 13.6 Å². The van der Waals surface area contributed by atoms with E-state index in [-0.39, 0.29) is 30.1 Å². The highest BCUT2D eigenvalue weighted by Crippen LogP contribution is 2.17. The van der Waals surface area contributed by atoms with E-state index in [0.29, 0.717) is 12.6 Å². The van der Waals surface area contributed by atoms with Crippen molar-refractivity contribution in [3.05, 3.63) is 41.5 Å². The zero-order valence-corrected chi connectivity index (χ0v) is 18.7. The SMILES string of the molecule is CN=C(NCC(C)Oc1ccccc1C)NC1CCc2nc(C)nn2C1.I. The molecule has 0 saturated heterocycles. The minimum absolute atomic E-state index is 0. The molecule has 1 aromatic carbocycles. The third-order valence-corrected chi connectivity index (χ3v) is 4.51. The smallest absolute Gasteiger partial charge is 0.191 e. The maximum Gasteiger partial charge on any atom is 0.191 e. The Morgan fingerprint density at radius 2 is 2.15 bits per heavy atom. The van der Waals surface area contributed by atoms with Crippen molar-refractivity contribution in [2.24, 2.45) is 4.99 Å². The lowest BCUT2D eigenvalue weighted by Gasteiger charge is -2.26. The summed E-state index contributed by atoms with van der Waals surface area (Å²) in [7, 11) is 1.79. The van der Waals surface area contributed by atoms with Crippen molar-refractivity contribution >= 4 is 29.9 Å². The van der Waals surface area contributed by atoms with E-state index in [1.807, 2.05) is 29.8 Å². The number of fused-ring (bicyclic) bond motifs is 1. The second-order valence-electron chi connectivity index (χ2n) is 6.78. The number of hydrogen-bond donors (Lipinski definition) is 2. The van der Waals surface area contributed by atoms with E-state index < -0.39 is 0 Å². The highest BCUT2D eigenvalue weighted by molar-refractivity contribution is 14.0. The maximum absolute atomic E-state index is 6.01. The number of aryl methyl sites for hydroxylation is 3. The standard InChI is InChI=1S/C19H28N6O.HI/c1-13-7-5-6-8-17(13)26-14(2)11-21-19(20-4)23-16-9-10-18-22-15(3)24-25(18)12-16;/h5-8,14,16H,9-12H2,1-4H3,(H2,20,21,23);1H. The van der Waals surface area contributed by atoms with Crippen molar-refractivity contribution in [1.29, 1.82) is 0 Å². The molecule has 148 valence electrons. The number of halogens is 1. The van der Waals surface area contributed by atoms with Gasteiger partial charge in [-0.3, -0.25) is 4.99 Å². The third-order valence-electron chi connectivity index (χ3n) is 4.51. The molecule has 2 aromatic rings. The summed E-state index contributed by atoms with van der Waals surface area (Å²) in [5.74, 6) is 3.62. The van der Waals surface area contributed by atoms with Gasteiger partial charge in [-0.2, -0.15) is 5.10 Å². The highest BCUT2D eigenvalue weighted by Gasteiger charge is 2.21. The molecule has 0 radical (unpaired) electrons. The van der Waals surface area contributed by atoms with Gasteiger partial charge in [-0.25, -0.2) is 9.67 Å². The van der Waals surface area contributed by atoms with E-state index in [2.05, 4.69) is 45.6 Å². The van der Waals surface area contributed by atoms with Gasteiger partial charge in [0.25, 0.3) is 0 Å². The Hall–Kier alpha value is -1.84. The highest BCUT2D eigenvalue weighted by atomic mass is 127. The van der Waals surface area contributed by atoms with Gasteiger partial charge < -0.3 is 15.4 Å². The molecule has 0 fully saturated rings. The van der Waals surface area contributed by atoms with Crippen LogP contribution in [0.2, 0.25) is 0 Å². The van der Waals surface area contributed by atoms with Gasteiger partial charge in [0.15, 0.2) is 5.96 Å². The predicted molar refractivity (Wildman–Crippen MR) is 118 cm³/mol. The first kappa shape index (κ1) is 21.5. The predicted octanol–water partition coefficient (Wildman–Crippen LogP) is 2.46. The first-order valence-corrected chi connectivity index (χ1v) is 9.15. The molecule has 0 bridgehead atoms. The second kappa shape index (κ2) is 9.91. The average Bonchev–Trinajstić information content (AvgIpc) is 2.99. The molecule has 1 aliphatic heterocycles. The summed E-state index contributed by atoms with van der Waals surface area (Å²) in [6.45, 7) is 7.53. The van der Waals surface area contributed by atoms with Crippen LogP contribution in [-0.2, 0) is 13.0 Å². The van der Waals surface area contributed by atoms with Crippen LogP contribution in [0.25, 0.3) is 0 Å². The molecule has 2 atom stereocenters. The number of nitrogens with zero attached hydrogens (tertiary/aromatic N) is 4. The molecule has 7 nitrogen and oxygen atoms in total. The van der Waals surface area contributed by atoms with Crippen molar-refractivity contribution in [3.63, 3.8) is 0 Å². The molecule has 2 heterocycles. The lowest BCUT2D eigenvalue weighted by Crippen LogP contribution is -2.48. The van der Waals surface area contributed by atoms with Crippen molar-refractivity contribution in [2.45, 2.75) is 52.3 Å². The van der Waals surface area contributed by atoms with Crippen LogP contribution in [0.4, 0.5) is 0 Å². The van der Waals surface area contributed by atoms with E-state index in [9.17, 15) is 0 Å². The number of aliphatic imine (C=N–C) groups is 1. The number of benzene rings is 1. The number of hydrogen-bond acceptors (Lipinski definition) is 4. The summed E-state index contributed by atoms with van der Waals surface area (Å²) in [5, 5.41) is 11.3. The molecular formula is C19H29IN6O. The molecule has 1 aliphatic rings. The van der Waals surface area contributed by atoms with Crippen LogP contribution in [-0.4, -0.2) is 46.5 Å². The molecule has 2 unspecified atom stereocenters. The number of rotatable bonds is 5. The Bertz CT molecular complexity index is 775.